The summed E-state index contributed by atoms with van der Waals surface area (Å²) < 4.78 is 5.54. The third kappa shape index (κ3) is 4.62. The van der Waals surface area contributed by atoms with Gasteiger partial charge < -0.3 is 10.1 Å². The minimum Gasteiger partial charge on any atom is -0.496 e. The number of anilines is 1. The number of hydrogen-bond acceptors (Lipinski definition) is 4. The van der Waals surface area contributed by atoms with Crippen LogP contribution in [-0.4, -0.2) is 19.2 Å². The van der Waals surface area contributed by atoms with E-state index in [9.17, 15) is 4.79 Å². The number of fused-ring (bicyclic) bond motifs is 2. The first-order valence-corrected chi connectivity index (χ1v) is 12.7. The molecule has 0 aliphatic heterocycles. The first-order valence-electron chi connectivity index (χ1n) is 11.9. The average Bonchev–Trinajstić information content (AvgIpc) is 3.19. The molecule has 1 amide bonds. The number of aryl methyl sites for hydroxylation is 1. The highest BCUT2D eigenvalue weighted by Gasteiger charge is 2.24. The van der Waals surface area contributed by atoms with Crippen LogP contribution in [-0.2, 0) is 12.8 Å². The Morgan fingerprint density at radius 1 is 0.912 bits per heavy atom. The molecule has 5 heteroatoms. The molecule has 1 heterocycles. The highest BCUT2D eigenvalue weighted by Crippen LogP contribution is 2.39. The highest BCUT2D eigenvalue weighted by atomic mass is 32.1. The topological polar surface area (TPSA) is 50.7 Å². The van der Waals surface area contributed by atoms with E-state index in [1.54, 1.807) is 18.4 Å². The second-order valence-corrected chi connectivity index (χ2v) is 9.66. The van der Waals surface area contributed by atoms with Crippen LogP contribution >= 0.6 is 11.3 Å². The molecule has 0 atom stereocenters. The number of para-hydroxylation sites is 1. The molecule has 1 N–H and O–H groups in total. The van der Waals surface area contributed by atoms with Gasteiger partial charge in [-0.05, 0) is 60.9 Å². The molecule has 1 aromatic heterocycles. The molecule has 0 saturated carbocycles. The molecule has 0 radical (unpaired) electrons. The summed E-state index contributed by atoms with van der Waals surface area (Å²) in [6, 6.07) is 21.8. The predicted molar refractivity (Wildman–Crippen MR) is 142 cm³/mol. The zero-order chi connectivity index (χ0) is 23.3. The smallest absolute Gasteiger partial charge is 0.259 e. The first-order chi connectivity index (χ1) is 16.7. The molecule has 1 aliphatic carbocycles. The van der Waals surface area contributed by atoms with Crippen LogP contribution in [0.15, 0.2) is 71.7 Å². The summed E-state index contributed by atoms with van der Waals surface area (Å²) in [5.41, 5.74) is 3.73. The molecule has 5 rings (SSSR count). The van der Waals surface area contributed by atoms with E-state index in [2.05, 4.69) is 17.4 Å². The molecule has 0 fully saturated rings. The number of thiophene rings is 1. The zero-order valence-corrected chi connectivity index (χ0v) is 20.2. The molecule has 0 unspecified atom stereocenters. The lowest BCUT2D eigenvalue weighted by molar-refractivity contribution is 0.102. The monoisotopic (exact) mass is 468 g/mol. The van der Waals surface area contributed by atoms with E-state index in [0.717, 1.165) is 57.6 Å². The number of aliphatic imine (C=N–C) groups is 1. The molecule has 0 spiro atoms. The van der Waals surface area contributed by atoms with E-state index in [1.165, 1.54) is 29.7 Å². The third-order valence-corrected chi connectivity index (χ3v) is 7.57. The van der Waals surface area contributed by atoms with Gasteiger partial charge in [0.1, 0.15) is 10.8 Å². The molecule has 172 valence electrons. The van der Waals surface area contributed by atoms with E-state index >= 15 is 0 Å². The van der Waals surface area contributed by atoms with Gasteiger partial charge in [-0.25, -0.2) is 4.99 Å². The quantitative estimate of drug-likeness (QED) is 0.307. The summed E-state index contributed by atoms with van der Waals surface area (Å²) in [6.45, 7) is 0. The number of nitrogens with one attached hydrogen (secondary N) is 1. The van der Waals surface area contributed by atoms with Crippen LogP contribution in [0.4, 0.5) is 10.7 Å². The lowest BCUT2D eigenvalue weighted by Gasteiger charge is -2.12. The second-order valence-electron chi connectivity index (χ2n) is 8.58. The molecule has 4 nitrogen and oxygen atoms in total. The van der Waals surface area contributed by atoms with Gasteiger partial charge in [0.2, 0.25) is 0 Å². The van der Waals surface area contributed by atoms with Gasteiger partial charge in [0.05, 0.1) is 12.7 Å². The van der Waals surface area contributed by atoms with Crippen molar-refractivity contribution in [2.24, 2.45) is 4.99 Å². The molecular weight excluding hydrogens is 440 g/mol. The Bertz CT molecular complexity index is 1340. The van der Waals surface area contributed by atoms with Crippen LogP contribution in [0.25, 0.3) is 10.8 Å². The average molecular weight is 469 g/mol. The fourth-order valence-corrected chi connectivity index (χ4v) is 5.89. The Kier molecular flexibility index (Phi) is 6.72. The van der Waals surface area contributed by atoms with Crippen molar-refractivity contribution in [3.63, 3.8) is 0 Å². The lowest BCUT2D eigenvalue weighted by atomic mass is 9.96. The van der Waals surface area contributed by atoms with Crippen molar-refractivity contribution in [2.75, 3.05) is 12.4 Å². The number of methoxy groups -OCH3 is 1. The maximum atomic E-state index is 13.5. The third-order valence-electron chi connectivity index (χ3n) is 6.37. The van der Waals surface area contributed by atoms with Gasteiger partial charge in [-0.2, -0.15) is 0 Å². The van der Waals surface area contributed by atoms with Crippen LogP contribution in [0.5, 0.6) is 5.75 Å². The summed E-state index contributed by atoms with van der Waals surface area (Å²) in [4.78, 5) is 19.7. The van der Waals surface area contributed by atoms with Gasteiger partial charge in [0, 0.05) is 27.7 Å². The zero-order valence-electron chi connectivity index (χ0n) is 19.3. The van der Waals surface area contributed by atoms with Gasteiger partial charge in [0.15, 0.2) is 0 Å². The van der Waals surface area contributed by atoms with Crippen molar-refractivity contribution in [1.82, 2.24) is 0 Å². The number of benzene rings is 3. The Hall–Kier alpha value is -3.44. The van der Waals surface area contributed by atoms with Crippen LogP contribution < -0.4 is 10.1 Å². The molecule has 0 saturated heterocycles. The summed E-state index contributed by atoms with van der Waals surface area (Å²) in [5, 5.41) is 6.01. The Labute approximate surface area is 204 Å². The number of carbonyl (C=O) groups is 1. The SMILES string of the molecule is COc1ccc(C=Nc2sc3c(c2C(=O)Nc2ccccc2)CCCCCC3)c2ccccc12. The van der Waals surface area contributed by atoms with E-state index in [0.29, 0.717) is 0 Å². The Morgan fingerprint density at radius 2 is 1.65 bits per heavy atom. The van der Waals surface area contributed by atoms with Gasteiger partial charge in [-0.1, -0.05) is 55.3 Å². The van der Waals surface area contributed by atoms with Crippen LogP contribution in [0.2, 0.25) is 0 Å². The van der Waals surface area contributed by atoms with Crippen molar-refractivity contribution in [2.45, 2.75) is 38.5 Å². The van der Waals surface area contributed by atoms with Crippen molar-refractivity contribution in [3.8, 4) is 5.75 Å². The fourth-order valence-electron chi connectivity index (χ4n) is 4.66. The first kappa shape index (κ1) is 22.4. The standard InChI is InChI=1S/C29H28N2O2S/c1-33-25-18-17-20(22-13-9-10-14-23(22)25)19-30-29-27(28(32)31-21-11-5-4-6-12-21)24-15-7-2-3-8-16-26(24)34-29/h4-6,9-14,17-19H,2-3,7-8,15-16H2,1H3,(H,31,32). The van der Waals surface area contributed by atoms with Gasteiger partial charge in [-0.3, -0.25) is 4.79 Å². The Morgan fingerprint density at radius 3 is 2.44 bits per heavy atom. The van der Waals surface area contributed by atoms with Crippen molar-refractivity contribution in [3.05, 3.63) is 88.3 Å². The largest absolute Gasteiger partial charge is 0.496 e. The molecule has 1 aliphatic rings. The molecule has 4 aromatic rings. The molecule has 0 bridgehead atoms. The number of ether oxygens (including phenoxy) is 1. The maximum Gasteiger partial charge on any atom is 0.259 e. The maximum absolute atomic E-state index is 13.5. The minimum absolute atomic E-state index is 0.0731. The van der Waals surface area contributed by atoms with Crippen LogP contribution in [0, 0.1) is 0 Å². The minimum atomic E-state index is -0.0731. The van der Waals surface area contributed by atoms with Gasteiger partial charge in [0.25, 0.3) is 5.91 Å². The number of amides is 1. The van der Waals surface area contributed by atoms with E-state index in [1.807, 2.05) is 60.8 Å². The molecule has 34 heavy (non-hydrogen) atoms. The summed E-state index contributed by atoms with van der Waals surface area (Å²) >= 11 is 1.67. The molecule has 3 aromatic carbocycles. The van der Waals surface area contributed by atoms with Gasteiger partial charge in [-0.15, -0.1) is 11.3 Å². The van der Waals surface area contributed by atoms with Crippen molar-refractivity contribution >= 4 is 44.9 Å². The second kappa shape index (κ2) is 10.2. The predicted octanol–water partition coefficient (Wildman–Crippen LogP) is 7.57. The number of hydrogen-bond donors (Lipinski definition) is 1. The van der Waals surface area contributed by atoms with Gasteiger partial charge >= 0.3 is 0 Å². The van der Waals surface area contributed by atoms with Crippen molar-refractivity contribution < 1.29 is 9.53 Å². The number of carbonyl (C=O) groups excluding carboxylic acids is 1. The Balaban J connectivity index is 1.56. The van der Waals surface area contributed by atoms with Crippen LogP contribution in [0.1, 0.15) is 52.0 Å². The van der Waals surface area contributed by atoms with E-state index < -0.39 is 0 Å². The summed E-state index contributed by atoms with van der Waals surface area (Å²) in [6.07, 6.45) is 8.59. The van der Waals surface area contributed by atoms with E-state index in [-0.39, 0.29) is 5.91 Å². The molecular formula is C29H28N2O2S. The van der Waals surface area contributed by atoms with Crippen molar-refractivity contribution in [1.29, 1.82) is 0 Å². The lowest BCUT2D eigenvalue weighted by Crippen LogP contribution is -2.14. The fraction of sp³-hybridized carbons (Fsp3) is 0.241. The number of nitrogens with zero attached hydrogens (tertiary/aromatic N) is 1. The highest BCUT2D eigenvalue weighted by molar-refractivity contribution is 7.16. The van der Waals surface area contributed by atoms with Crippen LogP contribution in [0.3, 0.4) is 0 Å². The van der Waals surface area contributed by atoms with E-state index in [4.69, 9.17) is 9.73 Å². The summed E-state index contributed by atoms with van der Waals surface area (Å²) in [7, 11) is 1.69. The normalized spacial score (nSPS) is 13.9. The number of rotatable bonds is 5. The summed E-state index contributed by atoms with van der Waals surface area (Å²) in [5.74, 6) is 0.769.